The van der Waals surface area contributed by atoms with Crippen molar-refractivity contribution in [3.63, 3.8) is 0 Å². The Hall–Kier alpha value is -3.39. The molecule has 0 unspecified atom stereocenters. The normalized spacial score (nSPS) is 14.5. The molecule has 1 aromatic heterocycles. The predicted molar refractivity (Wildman–Crippen MR) is 123 cm³/mol. The lowest BCUT2D eigenvalue weighted by molar-refractivity contribution is 0.258. The molecule has 0 spiro atoms. The summed E-state index contributed by atoms with van der Waals surface area (Å²) < 4.78 is 5.15. The van der Waals surface area contributed by atoms with Crippen molar-refractivity contribution < 1.29 is 4.74 Å². The maximum absolute atomic E-state index is 12.5. The predicted octanol–water partition coefficient (Wildman–Crippen LogP) is 3.12. The lowest BCUT2D eigenvalue weighted by atomic mass is 10.1. The van der Waals surface area contributed by atoms with Gasteiger partial charge in [-0.15, -0.1) is 10.2 Å². The van der Waals surface area contributed by atoms with E-state index >= 15 is 0 Å². The average molecular weight is 421 g/mol. The average Bonchev–Trinajstić information content (AvgIpc) is 2.81. The third kappa shape index (κ3) is 5.03. The van der Waals surface area contributed by atoms with Gasteiger partial charge in [-0.1, -0.05) is 6.92 Å². The number of hydrogen-bond acceptors (Lipinski definition) is 7. The van der Waals surface area contributed by atoms with Crippen LogP contribution in [0.4, 0.5) is 17.3 Å². The van der Waals surface area contributed by atoms with Crippen molar-refractivity contribution in [2.75, 3.05) is 50.1 Å². The van der Waals surface area contributed by atoms with Gasteiger partial charge in [-0.25, -0.2) is 0 Å². The fourth-order valence-corrected chi connectivity index (χ4v) is 3.77. The number of nitrogens with zero attached hydrogens (tertiary/aromatic N) is 4. The molecule has 2 heterocycles. The van der Waals surface area contributed by atoms with Crippen molar-refractivity contribution in [3.8, 4) is 17.0 Å². The van der Waals surface area contributed by atoms with Crippen LogP contribution in [0.5, 0.6) is 5.75 Å². The molecule has 0 bridgehead atoms. The Morgan fingerprint density at radius 3 is 2.32 bits per heavy atom. The number of methoxy groups -OCH3 is 1. The third-order valence-electron chi connectivity index (χ3n) is 5.47. The van der Waals surface area contributed by atoms with Crippen molar-refractivity contribution in [1.29, 1.82) is 0 Å². The van der Waals surface area contributed by atoms with E-state index in [0.717, 1.165) is 37.6 Å². The van der Waals surface area contributed by atoms with Crippen LogP contribution in [0.15, 0.2) is 53.3 Å². The monoisotopic (exact) mass is 420 g/mol. The van der Waals surface area contributed by atoms with E-state index in [9.17, 15) is 4.79 Å². The summed E-state index contributed by atoms with van der Waals surface area (Å²) >= 11 is 0. The summed E-state index contributed by atoms with van der Waals surface area (Å²) in [6, 6.07) is 15.3. The van der Waals surface area contributed by atoms with E-state index in [4.69, 9.17) is 4.74 Å². The van der Waals surface area contributed by atoms with Crippen LogP contribution < -0.4 is 20.5 Å². The van der Waals surface area contributed by atoms with Gasteiger partial charge >= 0.3 is 0 Å². The molecule has 0 amide bonds. The van der Waals surface area contributed by atoms with Crippen molar-refractivity contribution in [2.45, 2.75) is 13.3 Å². The van der Waals surface area contributed by atoms with Crippen LogP contribution in [0.25, 0.3) is 11.3 Å². The van der Waals surface area contributed by atoms with Crippen molar-refractivity contribution in [1.82, 2.24) is 20.1 Å². The van der Waals surface area contributed by atoms with E-state index in [-0.39, 0.29) is 11.3 Å². The number of rotatable bonds is 7. The molecule has 162 valence electrons. The first-order chi connectivity index (χ1) is 15.2. The molecule has 0 saturated carbocycles. The van der Waals surface area contributed by atoms with Gasteiger partial charge in [0, 0.05) is 43.1 Å². The zero-order valence-corrected chi connectivity index (χ0v) is 18.0. The molecule has 0 radical (unpaired) electrons. The van der Waals surface area contributed by atoms with Gasteiger partial charge in [-0.2, -0.15) is 0 Å². The molecule has 0 aliphatic carbocycles. The molecular formula is C23H28N6O2. The number of ether oxygens (including phenoxy) is 1. The lowest BCUT2D eigenvalue weighted by Gasteiger charge is -2.36. The Morgan fingerprint density at radius 1 is 1.00 bits per heavy atom. The number of benzene rings is 2. The van der Waals surface area contributed by atoms with Crippen LogP contribution in [0.3, 0.4) is 0 Å². The van der Waals surface area contributed by atoms with Crippen molar-refractivity contribution in [2.24, 2.45) is 0 Å². The minimum absolute atomic E-state index is 0.269. The standard InChI is InChI=1S/C23H28N6O2/c1-3-12-28-13-15-29(16-14-28)19-8-6-18(7-9-19)24-23-25-22(30)21(26-27-23)17-4-10-20(31-2)11-5-17/h4-11H,3,12-16H2,1-2H3,(H2,24,25,27,30). The van der Waals surface area contributed by atoms with Gasteiger partial charge < -0.3 is 15.0 Å². The van der Waals surface area contributed by atoms with Gasteiger partial charge in [-0.05, 0) is 61.5 Å². The summed E-state index contributed by atoms with van der Waals surface area (Å²) in [5.74, 6) is 1.03. The number of aromatic amines is 1. The molecule has 2 aromatic carbocycles. The smallest absolute Gasteiger partial charge is 0.279 e. The maximum Gasteiger partial charge on any atom is 0.279 e. The number of piperazine rings is 1. The highest BCUT2D eigenvalue weighted by molar-refractivity contribution is 5.61. The molecular weight excluding hydrogens is 392 g/mol. The van der Waals surface area contributed by atoms with E-state index < -0.39 is 0 Å². The van der Waals surface area contributed by atoms with Gasteiger partial charge in [0.15, 0.2) is 5.69 Å². The largest absolute Gasteiger partial charge is 0.497 e. The van der Waals surface area contributed by atoms with Gasteiger partial charge in [0.05, 0.1) is 7.11 Å². The van der Waals surface area contributed by atoms with Crippen molar-refractivity contribution >= 4 is 17.3 Å². The molecule has 1 aliphatic heterocycles. The minimum Gasteiger partial charge on any atom is -0.497 e. The Balaban J connectivity index is 1.40. The van der Waals surface area contributed by atoms with Gasteiger partial charge in [0.25, 0.3) is 5.56 Å². The van der Waals surface area contributed by atoms with E-state index in [0.29, 0.717) is 11.5 Å². The molecule has 1 fully saturated rings. The Bertz CT molecular complexity index is 1040. The quantitative estimate of drug-likeness (QED) is 0.607. The Kier molecular flexibility index (Phi) is 6.47. The molecule has 3 aromatic rings. The van der Waals surface area contributed by atoms with Crippen molar-refractivity contribution in [3.05, 3.63) is 58.9 Å². The highest BCUT2D eigenvalue weighted by Crippen LogP contribution is 2.21. The first kappa shape index (κ1) is 20.9. The van der Waals surface area contributed by atoms with E-state index in [1.165, 1.54) is 18.7 Å². The van der Waals surface area contributed by atoms with Crippen LogP contribution in [0.2, 0.25) is 0 Å². The number of aromatic nitrogens is 3. The molecule has 4 rings (SSSR count). The van der Waals surface area contributed by atoms with Crippen LogP contribution in [0.1, 0.15) is 13.3 Å². The number of anilines is 3. The Labute approximate surface area is 181 Å². The molecule has 1 aliphatic rings. The van der Waals surface area contributed by atoms with Gasteiger partial charge in [0.2, 0.25) is 5.95 Å². The number of H-pyrrole nitrogens is 1. The van der Waals surface area contributed by atoms with Gasteiger partial charge in [0.1, 0.15) is 5.75 Å². The fraction of sp³-hybridized carbons (Fsp3) is 0.348. The first-order valence-corrected chi connectivity index (χ1v) is 10.6. The number of nitrogens with one attached hydrogen (secondary N) is 2. The molecule has 2 N–H and O–H groups in total. The summed E-state index contributed by atoms with van der Waals surface area (Å²) in [4.78, 5) is 20.2. The van der Waals surface area contributed by atoms with Crippen LogP contribution in [-0.2, 0) is 0 Å². The first-order valence-electron chi connectivity index (χ1n) is 10.6. The molecule has 1 saturated heterocycles. The second-order valence-corrected chi connectivity index (χ2v) is 7.58. The second-order valence-electron chi connectivity index (χ2n) is 7.58. The summed E-state index contributed by atoms with van der Waals surface area (Å²) in [5, 5.41) is 11.4. The molecule has 8 nitrogen and oxygen atoms in total. The summed E-state index contributed by atoms with van der Waals surface area (Å²) in [7, 11) is 1.60. The Morgan fingerprint density at radius 2 is 1.71 bits per heavy atom. The SMILES string of the molecule is CCCN1CCN(c2ccc(Nc3nnc(-c4ccc(OC)cc4)c(=O)[nH]3)cc2)CC1. The van der Waals surface area contributed by atoms with E-state index in [2.05, 4.69) is 49.4 Å². The van der Waals surface area contributed by atoms with Crippen LogP contribution >= 0.6 is 0 Å². The zero-order chi connectivity index (χ0) is 21.6. The topological polar surface area (TPSA) is 86.4 Å². The highest BCUT2D eigenvalue weighted by Gasteiger charge is 2.16. The maximum atomic E-state index is 12.5. The van der Waals surface area contributed by atoms with E-state index in [1.54, 1.807) is 31.4 Å². The highest BCUT2D eigenvalue weighted by atomic mass is 16.5. The van der Waals surface area contributed by atoms with Crippen LogP contribution in [-0.4, -0.2) is 59.9 Å². The molecule has 31 heavy (non-hydrogen) atoms. The summed E-state index contributed by atoms with van der Waals surface area (Å²) in [6.45, 7) is 7.68. The summed E-state index contributed by atoms with van der Waals surface area (Å²) in [6.07, 6.45) is 1.20. The zero-order valence-electron chi connectivity index (χ0n) is 18.0. The molecule has 8 heteroatoms. The molecule has 0 atom stereocenters. The fourth-order valence-electron chi connectivity index (χ4n) is 3.77. The second kappa shape index (κ2) is 9.61. The summed E-state index contributed by atoms with van der Waals surface area (Å²) in [5.41, 5.74) is 2.70. The van der Waals surface area contributed by atoms with Crippen LogP contribution in [0, 0.1) is 0 Å². The number of hydrogen-bond donors (Lipinski definition) is 2. The lowest BCUT2D eigenvalue weighted by Crippen LogP contribution is -2.46. The van der Waals surface area contributed by atoms with E-state index in [1.807, 2.05) is 12.1 Å². The van der Waals surface area contributed by atoms with Gasteiger partial charge in [-0.3, -0.25) is 14.7 Å². The third-order valence-corrected chi connectivity index (χ3v) is 5.47. The minimum atomic E-state index is -0.302.